The second kappa shape index (κ2) is 4.14. The van der Waals surface area contributed by atoms with Gasteiger partial charge in [0.15, 0.2) is 0 Å². The van der Waals surface area contributed by atoms with Gasteiger partial charge in [-0.25, -0.2) is 0 Å². The molecule has 66 valence electrons. The monoisotopic (exact) mass is 168 g/mol. The molecule has 1 aliphatic carbocycles. The molecule has 1 saturated carbocycles. The van der Waals surface area contributed by atoms with Crippen LogP contribution in [0, 0.1) is 0 Å². The van der Waals surface area contributed by atoms with E-state index in [0.29, 0.717) is 0 Å². The lowest BCUT2D eigenvalue weighted by Gasteiger charge is -1.93. The maximum atomic E-state index is 11.0. The number of rotatable bonds is 0. The summed E-state index contributed by atoms with van der Waals surface area (Å²) in [6.07, 6.45) is 3.91. The topological polar surface area (TPSA) is 51.2 Å². The molecule has 0 bridgehead atoms. The van der Waals surface area contributed by atoms with E-state index >= 15 is 0 Å². The lowest BCUT2D eigenvalue weighted by atomic mass is 10.1. The maximum Gasteiger partial charge on any atom is 0.264 e. The van der Waals surface area contributed by atoms with Crippen molar-refractivity contribution in [2.24, 2.45) is 0 Å². The molecule has 0 unspecified atom stereocenters. The van der Waals surface area contributed by atoms with E-state index in [1.165, 1.54) is 0 Å². The van der Waals surface area contributed by atoms with Crippen LogP contribution in [0.1, 0.15) is 38.5 Å². The van der Waals surface area contributed by atoms with E-state index in [-0.39, 0.29) is 12.8 Å². The van der Waals surface area contributed by atoms with Crippen molar-refractivity contribution in [3.8, 4) is 0 Å². The fourth-order valence-corrected chi connectivity index (χ4v) is 1.31. The molecule has 0 atom stereocenters. The van der Waals surface area contributed by atoms with Gasteiger partial charge in [0, 0.05) is 12.8 Å². The van der Waals surface area contributed by atoms with Gasteiger partial charge < -0.3 is 0 Å². The first-order chi connectivity index (χ1) is 5.72. The van der Waals surface area contributed by atoms with Gasteiger partial charge in [-0.05, 0) is 12.8 Å². The molecule has 3 nitrogen and oxygen atoms in total. The van der Waals surface area contributed by atoms with Crippen LogP contribution in [0.25, 0.3) is 0 Å². The van der Waals surface area contributed by atoms with Crippen molar-refractivity contribution in [1.82, 2.24) is 0 Å². The van der Waals surface area contributed by atoms with Crippen LogP contribution in [-0.4, -0.2) is 17.3 Å². The molecular weight excluding hydrogens is 156 g/mol. The molecule has 0 aromatic carbocycles. The van der Waals surface area contributed by atoms with Crippen molar-refractivity contribution in [2.75, 3.05) is 0 Å². The first-order valence-electron chi connectivity index (χ1n) is 4.32. The van der Waals surface area contributed by atoms with Crippen molar-refractivity contribution < 1.29 is 14.4 Å². The van der Waals surface area contributed by atoms with Gasteiger partial charge in [0.2, 0.25) is 11.6 Å². The largest absolute Gasteiger partial charge is 0.290 e. The van der Waals surface area contributed by atoms with E-state index in [0.717, 1.165) is 25.7 Å². The Hall–Kier alpha value is -0.990. The van der Waals surface area contributed by atoms with E-state index < -0.39 is 17.3 Å². The van der Waals surface area contributed by atoms with E-state index in [1.807, 2.05) is 0 Å². The number of Topliss-reactive ketones (excluding diaryl/α,β-unsaturated/α-hetero) is 3. The first-order valence-corrected chi connectivity index (χ1v) is 4.32. The van der Waals surface area contributed by atoms with Crippen LogP contribution < -0.4 is 0 Å². The minimum absolute atomic E-state index is 0.255. The third-order valence-electron chi connectivity index (χ3n) is 2.06. The van der Waals surface area contributed by atoms with Gasteiger partial charge in [0.25, 0.3) is 5.78 Å². The summed E-state index contributed by atoms with van der Waals surface area (Å²) in [7, 11) is 0. The zero-order valence-corrected chi connectivity index (χ0v) is 6.97. The molecule has 0 N–H and O–H groups in total. The van der Waals surface area contributed by atoms with Crippen LogP contribution in [0.4, 0.5) is 0 Å². The highest BCUT2D eigenvalue weighted by molar-refractivity contribution is 6.63. The number of hydrogen-bond acceptors (Lipinski definition) is 3. The zero-order chi connectivity index (χ0) is 8.97. The molecule has 1 aliphatic rings. The third kappa shape index (κ3) is 2.26. The number of carbonyl (C=O) groups is 3. The summed E-state index contributed by atoms with van der Waals surface area (Å²) in [5.41, 5.74) is 0. The molecule has 0 aromatic rings. The second-order valence-corrected chi connectivity index (χ2v) is 3.09. The predicted octanol–water partition coefficient (Wildman–Crippen LogP) is 1.05. The molecule has 0 amide bonds. The number of ketones is 3. The molecule has 1 rings (SSSR count). The van der Waals surface area contributed by atoms with E-state index in [2.05, 4.69) is 0 Å². The maximum absolute atomic E-state index is 11.0. The third-order valence-corrected chi connectivity index (χ3v) is 2.06. The first kappa shape index (κ1) is 9.10. The molecule has 12 heavy (non-hydrogen) atoms. The fraction of sp³-hybridized carbons (Fsp3) is 0.667. The van der Waals surface area contributed by atoms with Crippen LogP contribution in [-0.2, 0) is 14.4 Å². The highest BCUT2D eigenvalue weighted by Crippen LogP contribution is 2.10. The molecule has 1 fully saturated rings. The lowest BCUT2D eigenvalue weighted by Crippen LogP contribution is -2.22. The Balaban J connectivity index is 2.62. The van der Waals surface area contributed by atoms with Crippen LogP contribution in [0.15, 0.2) is 0 Å². The molecule has 3 heteroatoms. The molecule has 0 aliphatic heterocycles. The Morgan fingerprint density at radius 3 is 1.50 bits per heavy atom. The van der Waals surface area contributed by atoms with Gasteiger partial charge in [0.05, 0.1) is 0 Å². The SMILES string of the molecule is O=C1CCCCCCC(=O)C1=O. The van der Waals surface area contributed by atoms with Gasteiger partial charge in [-0.2, -0.15) is 0 Å². The van der Waals surface area contributed by atoms with Crippen molar-refractivity contribution in [3.63, 3.8) is 0 Å². The van der Waals surface area contributed by atoms with Crippen molar-refractivity contribution in [3.05, 3.63) is 0 Å². The minimum Gasteiger partial charge on any atom is -0.290 e. The number of carbonyl (C=O) groups excluding carboxylic acids is 3. The molecule has 0 heterocycles. The zero-order valence-electron chi connectivity index (χ0n) is 6.97. The fourth-order valence-electron chi connectivity index (χ4n) is 1.31. The minimum atomic E-state index is -0.781. The summed E-state index contributed by atoms with van der Waals surface area (Å²) >= 11 is 0. The van der Waals surface area contributed by atoms with Gasteiger partial charge in [-0.3, -0.25) is 14.4 Å². The summed E-state index contributed by atoms with van der Waals surface area (Å²) in [6, 6.07) is 0. The lowest BCUT2D eigenvalue weighted by molar-refractivity contribution is -0.144. The average molecular weight is 168 g/mol. The molecule has 0 radical (unpaired) electrons. The van der Waals surface area contributed by atoms with Crippen LogP contribution in [0.2, 0.25) is 0 Å². The van der Waals surface area contributed by atoms with E-state index in [9.17, 15) is 14.4 Å². The average Bonchev–Trinajstić information content (AvgIpc) is 2.12. The van der Waals surface area contributed by atoms with Gasteiger partial charge in [0.1, 0.15) is 0 Å². The Bertz CT molecular complexity index is 196. The standard InChI is InChI=1S/C9H12O3/c10-7-5-3-1-2-4-6-8(11)9(7)12/h1-6H2. The van der Waals surface area contributed by atoms with Gasteiger partial charge in [-0.15, -0.1) is 0 Å². The smallest absolute Gasteiger partial charge is 0.264 e. The summed E-state index contributed by atoms with van der Waals surface area (Å²) in [4.78, 5) is 32.9. The molecule has 0 spiro atoms. The van der Waals surface area contributed by atoms with E-state index in [4.69, 9.17) is 0 Å². The highest BCUT2D eigenvalue weighted by atomic mass is 16.2. The van der Waals surface area contributed by atoms with Crippen LogP contribution >= 0.6 is 0 Å². The van der Waals surface area contributed by atoms with Crippen LogP contribution in [0.3, 0.4) is 0 Å². The quantitative estimate of drug-likeness (QED) is 0.508. The van der Waals surface area contributed by atoms with Crippen molar-refractivity contribution in [1.29, 1.82) is 0 Å². The summed E-state index contributed by atoms with van der Waals surface area (Å²) < 4.78 is 0. The summed E-state index contributed by atoms with van der Waals surface area (Å²) in [6.45, 7) is 0. The molecule has 0 aromatic heterocycles. The Labute approximate surface area is 71.1 Å². The highest BCUT2D eigenvalue weighted by Gasteiger charge is 2.22. The van der Waals surface area contributed by atoms with E-state index in [1.54, 1.807) is 0 Å². The summed E-state index contributed by atoms with van der Waals surface area (Å²) in [5.74, 6) is -1.78. The summed E-state index contributed by atoms with van der Waals surface area (Å²) in [5, 5.41) is 0. The van der Waals surface area contributed by atoms with Gasteiger partial charge >= 0.3 is 0 Å². The molecule has 0 saturated heterocycles. The van der Waals surface area contributed by atoms with Gasteiger partial charge in [-0.1, -0.05) is 12.8 Å². The number of hydrogen-bond donors (Lipinski definition) is 0. The normalized spacial score (nSPS) is 21.5. The Morgan fingerprint density at radius 2 is 1.08 bits per heavy atom. The predicted molar refractivity (Wildman–Crippen MR) is 42.7 cm³/mol. The molecular formula is C9H12O3. The van der Waals surface area contributed by atoms with Crippen molar-refractivity contribution >= 4 is 17.3 Å². The van der Waals surface area contributed by atoms with Crippen molar-refractivity contribution in [2.45, 2.75) is 38.5 Å². The Kier molecular flexibility index (Phi) is 3.14. The Morgan fingerprint density at radius 1 is 0.667 bits per heavy atom. The second-order valence-electron chi connectivity index (χ2n) is 3.09. The van der Waals surface area contributed by atoms with Crippen LogP contribution in [0.5, 0.6) is 0 Å².